The fourth-order valence-electron chi connectivity index (χ4n) is 4.04. The normalized spacial score (nSPS) is 24.0. The number of urea groups is 1. The molecule has 0 bridgehead atoms. The smallest absolute Gasteiger partial charge is 0.326 e. The highest BCUT2D eigenvalue weighted by molar-refractivity contribution is 6.14. The van der Waals surface area contributed by atoms with Crippen LogP contribution in [0.5, 0.6) is 0 Å². The topological polar surface area (TPSA) is 61.4 Å². The van der Waals surface area contributed by atoms with Crippen molar-refractivity contribution in [1.82, 2.24) is 10.6 Å². The van der Waals surface area contributed by atoms with Crippen molar-refractivity contribution in [3.05, 3.63) is 34.5 Å². The zero-order chi connectivity index (χ0) is 17.6. The molecule has 2 N–H and O–H groups in total. The molecule has 24 heavy (non-hydrogen) atoms. The summed E-state index contributed by atoms with van der Waals surface area (Å²) in [5.74, 6) is 0.0732. The lowest BCUT2D eigenvalue weighted by Crippen LogP contribution is -2.48. The maximum atomic E-state index is 11.8. The maximum Gasteiger partial charge on any atom is 0.326 e. The quantitative estimate of drug-likeness (QED) is 0.647. The van der Waals surface area contributed by atoms with Crippen LogP contribution in [0.3, 0.4) is 0 Å². The van der Waals surface area contributed by atoms with E-state index in [1.54, 1.807) is 6.08 Å². The van der Waals surface area contributed by atoms with Gasteiger partial charge in [0.15, 0.2) is 0 Å². The van der Waals surface area contributed by atoms with Gasteiger partial charge in [-0.1, -0.05) is 6.92 Å². The number of nitrogens with one attached hydrogen (secondary N) is 2. The number of fused-ring (bicyclic) bond motifs is 1. The third-order valence-electron chi connectivity index (χ3n) is 5.11. The molecule has 2 aliphatic heterocycles. The van der Waals surface area contributed by atoms with Gasteiger partial charge in [-0.15, -0.1) is 0 Å². The van der Waals surface area contributed by atoms with E-state index in [-0.39, 0.29) is 11.4 Å². The summed E-state index contributed by atoms with van der Waals surface area (Å²) in [6, 6.07) is 3.91. The number of benzene rings is 1. The molecule has 5 nitrogen and oxygen atoms in total. The maximum absolute atomic E-state index is 11.8. The van der Waals surface area contributed by atoms with E-state index in [0.717, 1.165) is 24.1 Å². The van der Waals surface area contributed by atoms with Crippen LogP contribution in [-0.2, 0) is 4.79 Å². The molecule has 1 aromatic rings. The number of aryl methyl sites for hydroxylation is 1. The van der Waals surface area contributed by atoms with Crippen LogP contribution in [0.15, 0.2) is 17.8 Å². The van der Waals surface area contributed by atoms with Crippen LogP contribution < -0.4 is 15.5 Å². The minimum atomic E-state index is -0.464. The second-order valence-electron chi connectivity index (χ2n) is 7.40. The molecule has 0 unspecified atom stereocenters. The van der Waals surface area contributed by atoms with Crippen LogP contribution in [0.25, 0.3) is 6.08 Å². The summed E-state index contributed by atoms with van der Waals surface area (Å²) in [5.41, 5.74) is 5.09. The molecule has 5 heteroatoms. The van der Waals surface area contributed by atoms with Gasteiger partial charge in [-0.2, -0.15) is 0 Å². The lowest BCUT2D eigenvalue weighted by atomic mass is 9.79. The molecule has 1 aromatic carbocycles. The Balaban J connectivity index is 2.08. The highest BCUT2D eigenvalue weighted by Gasteiger charge is 2.35. The number of anilines is 1. The first-order valence-electron chi connectivity index (χ1n) is 8.49. The number of rotatable bonds is 2. The molecule has 1 fully saturated rings. The Morgan fingerprint density at radius 1 is 1.29 bits per heavy atom. The molecule has 0 aromatic heterocycles. The van der Waals surface area contributed by atoms with Crippen LogP contribution in [0.1, 0.15) is 56.7 Å². The molecule has 0 radical (unpaired) electrons. The SMILES string of the molecule is CCN1c2cc(C)c(/C=C3/NC(=O)NC3=O)cc2[C@@H](C)CC1(C)C. The Kier molecular flexibility index (Phi) is 3.90. The molecule has 2 heterocycles. The molecule has 128 valence electrons. The van der Waals surface area contributed by atoms with E-state index in [4.69, 9.17) is 0 Å². The molecular formula is C19H25N3O2. The first-order chi connectivity index (χ1) is 11.2. The number of hydrogen-bond acceptors (Lipinski definition) is 3. The van der Waals surface area contributed by atoms with Gasteiger partial charge in [-0.25, -0.2) is 4.79 Å². The fraction of sp³-hybridized carbons (Fsp3) is 0.474. The lowest BCUT2D eigenvalue weighted by molar-refractivity contribution is -0.115. The molecule has 0 spiro atoms. The van der Waals surface area contributed by atoms with Gasteiger partial charge in [-0.3, -0.25) is 10.1 Å². The molecule has 1 atom stereocenters. The first-order valence-corrected chi connectivity index (χ1v) is 8.49. The van der Waals surface area contributed by atoms with Crippen molar-refractivity contribution < 1.29 is 9.59 Å². The zero-order valence-electron chi connectivity index (χ0n) is 15.0. The van der Waals surface area contributed by atoms with Crippen LogP contribution in [0.4, 0.5) is 10.5 Å². The van der Waals surface area contributed by atoms with Crippen molar-refractivity contribution >= 4 is 23.7 Å². The summed E-state index contributed by atoms with van der Waals surface area (Å²) in [6.07, 6.45) is 2.85. The monoisotopic (exact) mass is 327 g/mol. The van der Waals surface area contributed by atoms with Crippen LogP contribution in [0.2, 0.25) is 0 Å². The van der Waals surface area contributed by atoms with E-state index in [9.17, 15) is 9.59 Å². The van der Waals surface area contributed by atoms with Crippen LogP contribution in [-0.4, -0.2) is 24.0 Å². The first kappa shape index (κ1) is 16.6. The average Bonchev–Trinajstić information content (AvgIpc) is 2.78. The minimum Gasteiger partial charge on any atom is -0.366 e. The number of imide groups is 1. The number of hydrogen-bond donors (Lipinski definition) is 2. The molecule has 2 aliphatic rings. The third-order valence-corrected chi connectivity index (χ3v) is 5.11. The predicted octanol–water partition coefficient (Wildman–Crippen LogP) is 3.29. The predicted molar refractivity (Wildman–Crippen MR) is 96.0 cm³/mol. The Labute approximate surface area is 143 Å². The molecule has 3 rings (SSSR count). The van der Waals surface area contributed by atoms with Gasteiger partial charge in [0.05, 0.1) is 0 Å². The summed E-state index contributed by atoms with van der Waals surface area (Å²) in [6.45, 7) is 12.0. The number of carbonyl (C=O) groups excluding carboxylic acids is 2. The van der Waals surface area contributed by atoms with E-state index in [0.29, 0.717) is 11.6 Å². The van der Waals surface area contributed by atoms with E-state index in [1.165, 1.54) is 11.3 Å². The fourth-order valence-corrected chi connectivity index (χ4v) is 4.04. The second-order valence-corrected chi connectivity index (χ2v) is 7.40. The van der Waals surface area contributed by atoms with E-state index in [2.05, 4.69) is 55.4 Å². The molecule has 3 amide bonds. The van der Waals surface area contributed by atoms with Gasteiger partial charge in [0, 0.05) is 17.8 Å². The van der Waals surface area contributed by atoms with E-state index >= 15 is 0 Å². The van der Waals surface area contributed by atoms with E-state index in [1.807, 2.05) is 6.92 Å². The Morgan fingerprint density at radius 3 is 2.58 bits per heavy atom. The van der Waals surface area contributed by atoms with Crippen molar-refractivity contribution in [2.24, 2.45) is 0 Å². The van der Waals surface area contributed by atoms with Gasteiger partial charge < -0.3 is 10.2 Å². The van der Waals surface area contributed by atoms with Crippen molar-refractivity contribution in [3.8, 4) is 0 Å². The molecule has 1 saturated heterocycles. The van der Waals surface area contributed by atoms with Gasteiger partial charge in [-0.05, 0) is 74.9 Å². The molecule has 0 saturated carbocycles. The number of nitrogens with zero attached hydrogens (tertiary/aromatic N) is 1. The van der Waals surface area contributed by atoms with Crippen molar-refractivity contribution in [2.75, 3.05) is 11.4 Å². The van der Waals surface area contributed by atoms with Gasteiger partial charge in [0.1, 0.15) is 5.70 Å². The van der Waals surface area contributed by atoms with Crippen molar-refractivity contribution in [2.45, 2.75) is 52.5 Å². The largest absolute Gasteiger partial charge is 0.366 e. The lowest BCUT2D eigenvalue weighted by Gasteiger charge is -2.47. The highest BCUT2D eigenvalue weighted by Crippen LogP contribution is 2.44. The third kappa shape index (κ3) is 2.68. The van der Waals surface area contributed by atoms with Gasteiger partial charge in [0.2, 0.25) is 0 Å². The summed E-state index contributed by atoms with van der Waals surface area (Å²) >= 11 is 0. The second kappa shape index (κ2) is 5.65. The van der Waals surface area contributed by atoms with Crippen LogP contribution >= 0.6 is 0 Å². The van der Waals surface area contributed by atoms with Crippen LogP contribution in [0, 0.1) is 6.92 Å². The highest BCUT2D eigenvalue weighted by atomic mass is 16.2. The summed E-state index contributed by atoms with van der Waals surface area (Å²) in [7, 11) is 0. The Bertz CT molecular complexity index is 749. The summed E-state index contributed by atoms with van der Waals surface area (Å²) in [5, 5.41) is 4.79. The molecular weight excluding hydrogens is 302 g/mol. The Morgan fingerprint density at radius 2 is 2.00 bits per heavy atom. The molecule has 0 aliphatic carbocycles. The average molecular weight is 327 g/mol. The Hall–Kier alpha value is -2.30. The number of amides is 3. The standard InChI is InChI=1S/C19H25N3O2/c1-6-22-16-7-11(2)13(9-15-17(23)21-18(24)20-15)8-14(16)12(3)10-19(22,4)5/h7-9,12H,6,10H2,1-5H3,(H2,20,21,23,24)/b15-9+/t12-/m0/s1. The summed E-state index contributed by atoms with van der Waals surface area (Å²) < 4.78 is 0. The van der Waals surface area contributed by atoms with E-state index < -0.39 is 6.03 Å². The number of carbonyl (C=O) groups is 2. The van der Waals surface area contributed by atoms with Crippen molar-refractivity contribution in [3.63, 3.8) is 0 Å². The zero-order valence-corrected chi connectivity index (χ0v) is 15.0. The van der Waals surface area contributed by atoms with Gasteiger partial charge in [0.25, 0.3) is 5.91 Å². The minimum absolute atomic E-state index is 0.132. The summed E-state index contributed by atoms with van der Waals surface area (Å²) in [4.78, 5) is 25.5. The van der Waals surface area contributed by atoms with Crippen molar-refractivity contribution in [1.29, 1.82) is 0 Å². The van der Waals surface area contributed by atoms with Gasteiger partial charge >= 0.3 is 6.03 Å².